The van der Waals surface area contributed by atoms with Crippen LogP contribution in [0.5, 0.6) is 5.75 Å². The second kappa shape index (κ2) is 5.48. The summed E-state index contributed by atoms with van der Waals surface area (Å²) >= 11 is 0. The smallest absolute Gasteiger partial charge is 0.387 e. The molecular formula is C12H17F2N3O. The first-order valence-corrected chi connectivity index (χ1v) is 5.97. The standard InChI is InChI=1S/C12H17F2N3O/c1-8(15)9-4-5-17(7-9)11-3-2-10(6-16-11)18-12(13)14/h2-3,6,8-9,12H,4-5,7,15H2,1H3. The quantitative estimate of drug-likeness (QED) is 0.894. The largest absolute Gasteiger partial charge is 0.433 e. The summed E-state index contributed by atoms with van der Waals surface area (Å²) in [5.41, 5.74) is 5.87. The number of nitrogens with zero attached hydrogens (tertiary/aromatic N) is 2. The van der Waals surface area contributed by atoms with Crippen LogP contribution in [0.4, 0.5) is 14.6 Å². The van der Waals surface area contributed by atoms with Crippen LogP contribution in [0.3, 0.4) is 0 Å². The highest BCUT2D eigenvalue weighted by molar-refractivity contribution is 5.42. The molecule has 0 aromatic carbocycles. The molecule has 0 saturated carbocycles. The lowest BCUT2D eigenvalue weighted by atomic mass is 10.0. The molecule has 0 spiro atoms. The minimum absolute atomic E-state index is 0.0803. The van der Waals surface area contributed by atoms with Crippen molar-refractivity contribution in [2.45, 2.75) is 26.0 Å². The summed E-state index contributed by atoms with van der Waals surface area (Å²) in [6.45, 7) is 0.946. The van der Waals surface area contributed by atoms with Gasteiger partial charge in [-0.25, -0.2) is 4.98 Å². The second-order valence-corrected chi connectivity index (χ2v) is 4.58. The lowest BCUT2D eigenvalue weighted by Crippen LogP contribution is -2.29. The van der Waals surface area contributed by atoms with Gasteiger partial charge in [-0.2, -0.15) is 8.78 Å². The number of rotatable bonds is 4. The van der Waals surface area contributed by atoms with Gasteiger partial charge >= 0.3 is 6.61 Å². The van der Waals surface area contributed by atoms with Crippen molar-refractivity contribution < 1.29 is 13.5 Å². The Morgan fingerprint density at radius 2 is 2.28 bits per heavy atom. The van der Waals surface area contributed by atoms with E-state index < -0.39 is 6.61 Å². The highest BCUT2D eigenvalue weighted by atomic mass is 19.3. The topological polar surface area (TPSA) is 51.4 Å². The lowest BCUT2D eigenvalue weighted by Gasteiger charge is -2.19. The Hall–Kier alpha value is -1.43. The molecular weight excluding hydrogens is 240 g/mol. The Kier molecular flexibility index (Phi) is 3.96. The average Bonchev–Trinajstić information content (AvgIpc) is 2.78. The zero-order chi connectivity index (χ0) is 13.1. The minimum atomic E-state index is -2.81. The van der Waals surface area contributed by atoms with Crippen LogP contribution in [0.25, 0.3) is 0 Å². The highest BCUT2D eigenvalue weighted by Gasteiger charge is 2.25. The second-order valence-electron chi connectivity index (χ2n) is 4.58. The van der Waals surface area contributed by atoms with E-state index in [4.69, 9.17) is 5.73 Å². The zero-order valence-corrected chi connectivity index (χ0v) is 10.2. The van der Waals surface area contributed by atoms with Gasteiger partial charge in [0.15, 0.2) is 0 Å². The van der Waals surface area contributed by atoms with Gasteiger partial charge in [-0.1, -0.05) is 0 Å². The van der Waals surface area contributed by atoms with Crippen LogP contribution < -0.4 is 15.4 Å². The molecule has 2 N–H and O–H groups in total. The molecule has 4 nitrogen and oxygen atoms in total. The summed E-state index contributed by atoms with van der Waals surface area (Å²) in [5, 5.41) is 0. The van der Waals surface area contributed by atoms with Gasteiger partial charge in [0.2, 0.25) is 0 Å². The Labute approximate surface area is 105 Å². The van der Waals surface area contributed by atoms with Crippen molar-refractivity contribution in [2.75, 3.05) is 18.0 Å². The van der Waals surface area contributed by atoms with Gasteiger partial charge in [-0.3, -0.25) is 0 Å². The summed E-state index contributed by atoms with van der Waals surface area (Å²) in [6, 6.07) is 3.37. The fourth-order valence-electron chi connectivity index (χ4n) is 2.16. The molecule has 2 unspecified atom stereocenters. The van der Waals surface area contributed by atoms with E-state index >= 15 is 0 Å². The first kappa shape index (κ1) is 13.0. The molecule has 1 aromatic heterocycles. The number of anilines is 1. The highest BCUT2D eigenvalue weighted by Crippen LogP contribution is 2.25. The van der Waals surface area contributed by atoms with E-state index in [1.54, 1.807) is 6.07 Å². The fourth-order valence-corrected chi connectivity index (χ4v) is 2.16. The molecule has 1 aliphatic heterocycles. The predicted molar refractivity (Wildman–Crippen MR) is 64.8 cm³/mol. The number of hydrogen-bond donors (Lipinski definition) is 1. The maximum Gasteiger partial charge on any atom is 0.387 e. The number of halogens is 2. The number of alkyl halides is 2. The number of pyridine rings is 1. The van der Waals surface area contributed by atoms with Crippen LogP contribution in [0.15, 0.2) is 18.3 Å². The average molecular weight is 257 g/mol. The van der Waals surface area contributed by atoms with Crippen molar-refractivity contribution in [1.82, 2.24) is 4.98 Å². The molecule has 0 bridgehead atoms. The molecule has 0 amide bonds. The van der Waals surface area contributed by atoms with Crippen molar-refractivity contribution >= 4 is 5.82 Å². The molecule has 2 rings (SSSR count). The van der Waals surface area contributed by atoms with Gasteiger partial charge in [-0.05, 0) is 31.4 Å². The Balaban J connectivity index is 1.98. The van der Waals surface area contributed by atoms with Crippen molar-refractivity contribution in [3.63, 3.8) is 0 Å². The van der Waals surface area contributed by atoms with E-state index in [-0.39, 0.29) is 11.8 Å². The Morgan fingerprint density at radius 1 is 1.50 bits per heavy atom. The van der Waals surface area contributed by atoms with Crippen molar-refractivity contribution in [3.05, 3.63) is 18.3 Å². The summed E-state index contributed by atoms with van der Waals surface area (Å²) in [7, 11) is 0. The number of ether oxygens (including phenoxy) is 1. The molecule has 1 aliphatic rings. The first-order chi connectivity index (χ1) is 8.56. The van der Waals surface area contributed by atoms with Gasteiger partial charge in [-0.15, -0.1) is 0 Å². The monoisotopic (exact) mass is 257 g/mol. The molecule has 18 heavy (non-hydrogen) atoms. The summed E-state index contributed by atoms with van der Waals surface area (Å²) in [6.07, 6.45) is 2.36. The van der Waals surface area contributed by atoms with Gasteiger partial charge in [0.25, 0.3) is 0 Å². The van der Waals surface area contributed by atoms with Crippen LogP contribution >= 0.6 is 0 Å². The molecule has 2 atom stereocenters. The number of aromatic nitrogens is 1. The summed E-state index contributed by atoms with van der Waals surface area (Å²) < 4.78 is 28.2. The third-order valence-electron chi connectivity index (χ3n) is 3.24. The van der Waals surface area contributed by atoms with Crippen LogP contribution in [0.2, 0.25) is 0 Å². The lowest BCUT2D eigenvalue weighted by molar-refractivity contribution is -0.0500. The molecule has 1 saturated heterocycles. The first-order valence-electron chi connectivity index (χ1n) is 5.97. The van der Waals surface area contributed by atoms with Gasteiger partial charge in [0.1, 0.15) is 11.6 Å². The van der Waals surface area contributed by atoms with Crippen molar-refractivity contribution in [2.24, 2.45) is 11.7 Å². The van der Waals surface area contributed by atoms with Crippen molar-refractivity contribution in [1.29, 1.82) is 0 Å². The molecule has 0 aliphatic carbocycles. The van der Waals surface area contributed by atoms with E-state index in [0.29, 0.717) is 5.92 Å². The summed E-state index contributed by atoms with van der Waals surface area (Å²) in [5.74, 6) is 1.32. The SMILES string of the molecule is CC(N)C1CCN(c2ccc(OC(F)F)cn2)C1. The molecule has 1 aromatic rings. The normalized spacial score (nSPS) is 21.4. The number of hydrogen-bond acceptors (Lipinski definition) is 4. The van der Waals surface area contributed by atoms with Crippen molar-refractivity contribution in [3.8, 4) is 5.75 Å². The Morgan fingerprint density at radius 3 is 2.78 bits per heavy atom. The molecule has 2 heterocycles. The predicted octanol–water partition coefficient (Wildman–Crippen LogP) is 1.86. The van der Waals surface area contributed by atoms with E-state index in [9.17, 15) is 8.78 Å². The zero-order valence-electron chi connectivity index (χ0n) is 10.2. The van der Waals surface area contributed by atoms with Gasteiger partial charge in [0.05, 0.1) is 6.20 Å². The van der Waals surface area contributed by atoms with E-state index in [2.05, 4.69) is 14.6 Å². The third-order valence-corrected chi connectivity index (χ3v) is 3.24. The van der Waals surface area contributed by atoms with Gasteiger partial charge < -0.3 is 15.4 Å². The third kappa shape index (κ3) is 3.07. The van der Waals surface area contributed by atoms with Gasteiger partial charge in [0, 0.05) is 19.1 Å². The Bertz CT molecular complexity index is 383. The van der Waals surface area contributed by atoms with E-state index in [1.165, 1.54) is 12.3 Å². The maximum absolute atomic E-state index is 12.0. The van der Waals surface area contributed by atoms with Crippen LogP contribution in [-0.2, 0) is 0 Å². The number of nitrogens with two attached hydrogens (primary N) is 1. The van der Waals surface area contributed by atoms with E-state index in [1.807, 2.05) is 6.92 Å². The molecule has 1 fully saturated rings. The van der Waals surface area contributed by atoms with Crippen LogP contribution in [0.1, 0.15) is 13.3 Å². The summed E-state index contributed by atoms with van der Waals surface area (Å²) in [4.78, 5) is 6.25. The van der Waals surface area contributed by atoms with Crippen LogP contribution in [0, 0.1) is 5.92 Å². The maximum atomic E-state index is 12.0. The molecule has 0 radical (unpaired) electrons. The fraction of sp³-hybridized carbons (Fsp3) is 0.583. The minimum Gasteiger partial charge on any atom is -0.433 e. The molecule has 6 heteroatoms. The van der Waals surface area contributed by atoms with Crippen LogP contribution in [-0.4, -0.2) is 30.7 Å². The molecule has 100 valence electrons. The van der Waals surface area contributed by atoms with E-state index in [0.717, 1.165) is 25.3 Å².